The maximum Gasteiger partial charge on any atom is 0.127 e. The number of benzene rings is 3. The number of nitrogens with zero attached hydrogens (tertiary/aromatic N) is 1. The van der Waals surface area contributed by atoms with Gasteiger partial charge in [0.2, 0.25) is 0 Å². The first-order valence-electron chi connectivity index (χ1n) is 9.41. The van der Waals surface area contributed by atoms with Crippen LogP contribution in [0.5, 0.6) is 11.5 Å². The van der Waals surface area contributed by atoms with Crippen molar-refractivity contribution in [3.05, 3.63) is 95.0 Å². The van der Waals surface area contributed by atoms with E-state index in [1.165, 1.54) is 0 Å². The molecule has 3 aromatic rings. The number of likely N-dealkylation sites (tertiary alicyclic amines) is 1. The van der Waals surface area contributed by atoms with Crippen molar-refractivity contribution in [3.8, 4) is 11.5 Å². The second-order valence-corrected chi connectivity index (χ2v) is 8.33. The first-order valence-corrected chi connectivity index (χ1v) is 9.79. The molecule has 144 valence electrons. The van der Waals surface area contributed by atoms with Crippen LogP contribution in [0.2, 0.25) is 5.02 Å². The lowest BCUT2D eigenvalue weighted by atomic mass is 9.62. The summed E-state index contributed by atoms with van der Waals surface area (Å²) < 4.78 is 5.90. The van der Waals surface area contributed by atoms with Gasteiger partial charge in [-0.15, -0.1) is 0 Å². The van der Waals surface area contributed by atoms with Crippen LogP contribution in [-0.4, -0.2) is 30.1 Å². The fourth-order valence-corrected chi connectivity index (χ4v) is 4.53. The second kappa shape index (κ2) is 7.25. The van der Waals surface area contributed by atoms with Crippen LogP contribution in [0.25, 0.3) is 0 Å². The summed E-state index contributed by atoms with van der Waals surface area (Å²) >= 11 is 6.25. The number of aliphatic hydroxyl groups is 1. The summed E-state index contributed by atoms with van der Waals surface area (Å²) in [5.74, 6) is 1.52. The molecule has 1 heterocycles. The molecule has 1 N–H and O–H groups in total. The van der Waals surface area contributed by atoms with Crippen molar-refractivity contribution in [2.75, 3.05) is 20.1 Å². The number of halogens is 1. The standard InChI is InChI=1S/C24H24ClNO2/c1-23(16-26(2)17-23)24(27,19-7-6-8-20(25)15-19)18-11-13-22(14-12-18)28-21-9-4-3-5-10-21/h3-15,27H,16-17H2,1-2H3/t24-/m0/s1. The zero-order valence-corrected chi connectivity index (χ0v) is 16.9. The minimum atomic E-state index is -1.14. The van der Waals surface area contributed by atoms with Crippen molar-refractivity contribution in [3.63, 3.8) is 0 Å². The van der Waals surface area contributed by atoms with E-state index in [0.29, 0.717) is 5.02 Å². The summed E-state index contributed by atoms with van der Waals surface area (Å²) in [4.78, 5) is 2.21. The van der Waals surface area contributed by atoms with E-state index in [2.05, 4.69) is 18.9 Å². The highest BCUT2D eigenvalue weighted by molar-refractivity contribution is 6.30. The number of hydrogen-bond donors (Lipinski definition) is 1. The van der Waals surface area contributed by atoms with Crippen molar-refractivity contribution < 1.29 is 9.84 Å². The van der Waals surface area contributed by atoms with Crippen LogP contribution < -0.4 is 4.74 Å². The molecular weight excluding hydrogens is 370 g/mol. The van der Waals surface area contributed by atoms with Gasteiger partial charge in [0.05, 0.1) is 0 Å². The highest BCUT2D eigenvalue weighted by Gasteiger charge is 2.55. The van der Waals surface area contributed by atoms with Crippen LogP contribution in [0.3, 0.4) is 0 Å². The first kappa shape index (κ1) is 19.0. The predicted octanol–water partition coefficient (Wildman–Crippen LogP) is 5.32. The van der Waals surface area contributed by atoms with Gasteiger partial charge in [0.1, 0.15) is 17.1 Å². The molecule has 0 unspecified atom stereocenters. The SMILES string of the molecule is CN1CC(C)([C@](O)(c2ccc(Oc3ccccc3)cc2)c2cccc(Cl)c2)C1. The minimum Gasteiger partial charge on any atom is -0.457 e. The van der Waals surface area contributed by atoms with Crippen molar-refractivity contribution in [1.29, 1.82) is 0 Å². The van der Waals surface area contributed by atoms with Crippen LogP contribution in [0.4, 0.5) is 0 Å². The number of rotatable bonds is 5. The highest BCUT2D eigenvalue weighted by atomic mass is 35.5. The smallest absolute Gasteiger partial charge is 0.127 e. The Bertz CT molecular complexity index is 952. The first-order chi connectivity index (χ1) is 13.4. The molecule has 0 aromatic heterocycles. The van der Waals surface area contributed by atoms with Gasteiger partial charge in [-0.1, -0.05) is 61.0 Å². The molecule has 4 rings (SSSR count). The van der Waals surface area contributed by atoms with Gasteiger partial charge < -0.3 is 14.7 Å². The molecule has 1 fully saturated rings. The Balaban J connectivity index is 1.71. The fourth-order valence-electron chi connectivity index (χ4n) is 4.34. The lowest BCUT2D eigenvalue weighted by molar-refractivity contribution is -0.127. The third-order valence-electron chi connectivity index (χ3n) is 5.60. The van der Waals surface area contributed by atoms with Gasteiger partial charge in [-0.2, -0.15) is 0 Å². The van der Waals surface area contributed by atoms with Gasteiger partial charge in [0.15, 0.2) is 0 Å². The van der Waals surface area contributed by atoms with Gasteiger partial charge in [-0.25, -0.2) is 0 Å². The predicted molar refractivity (Wildman–Crippen MR) is 113 cm³/mol. The average molecular weight is 394 g/mol. The average Bonchev–Trinajstić information content (AvgIpc) is 2.67. The largest absolute Gasteiger partial charge is 0.457 e. The molecule has 0 radical (unpaired) electrons. The molecule has 0 amide bonds. The summed E-state index contributed by atoms with van der Waals surface area (Å²) in [6.07, 6.45) is 0. The molecule has 1 atom stereocenters. The van der Waals surface area contributed by atoms with Crippen molar-refractivity contribution in [1.82, 2.24) is 4.90 Å². The van der Waals surface area contributed by atoms with E-state index in [-0.39, 0.29) is 5.41 Å². The fraction of sp³-hybridized carbons (Fsp3) is 0.250. The Labute approximate surface area is 171 Å². The zero-order chi connectivity index (χ0) is 19.8. The quantitative estimate of drug-likeness (QED) is 0.636. The molecule has 1 aliphatic rings. The van der Waals surface area contributed by atoms with Gasteiger partial charge in [-0.3, -0.25) is 0 Å². The van der Waals surface area contributed by atoms with Gasteiger partial charge >= 0.3 is 0 Å². The molecule has 3 nitrogen and oxygen atoms in total. The van der Waals surface area contributed by atoms with Crippen molar-refractivity contribution in [2.24, 2.45) is 5.41 Å². The zero-order valence-electron chi connectivity index (χ0n) is 16.1. The van der Waals surface area contributed by atoms with Crippen LogP contribution >= 0.6 is 11.6 Å². The highest BCUT2D eigenvalue weighted by Crippen LogP contribution is 2.50. The lowest BCUT2D eigenvalue weighted by Crippen LogP contribution is -2.63. The summed E-state index contributed by atoms with van der Waals surface area (Å²) in [5, 5.41) is 12.7. The molecule has 0 saturated carbocycles. The van der Waals surface area contributed by atoms with E-state index in [9.17, 15) is 5.11 Å². The van der Waals surface area contributed by atoms with E-state index in [4.69, 9.17) is 16.3 Å². The Kier molecular flexibility index (Phi) is 4.92. The summed E-state index contributed by atoms with van der Waals surface area (Å²) in [6.45, 7) is 3.73. The van der Waals surface area contributed by atoms with Gasteiger partial charge in [0, 0.05) is 23.5 Å². The topological polar surface area (TPSA) is 32.7 Å². The second-order valence-electron chi connectivity index (χ2n) is 7.89. The number of ether oxygens (including phenoxy) is 1. The van der Waals surface area contributed by atoms with E-state index in [0.717, 1.165) is 35.7 Å². The maximum atomic E-state index is 12.0. The van der Waals surface area contributed by atoms with Crippen LogP contribution in [-0.2, 0) is 5.60 Å². The number of hydrogen-bond acceptors (Lipinski definition) is 3. The number of para-hydroxylation sites is 1. The molecule has 0 bridgehead atoms. The molecule has 4 heteroatoms. The Hall–Kier alpha value is -2.33. The Morgan fingerprint density at radius 3 is 2.14 bits per heavy atom. The van der Waals surface area contributed by atoms with Crippen LogP contribution in [0, 0.1) is 5.41 Å². The minimum absolute atomic E-state index is 0.311. The summed E-state index contributed by atoms with van der Waals surface area (Å²) in [6, 6.07) is 24.9. The molecule has 1 saturated heterocycles. The monoisotopic (exact) mass is 393 g/mol. The van der Waals surface area contributed by atoms with E-state index >= 15 is 0 Å². The molecule has 3 aromatic carbocycles. The van der Waals surface area contributed by atoms with E-state index in [1.807, 2.05) is 78.9 Å². The lowest BCUT2D eigenvalue weighted by Gasteiger charge is -2.56. The van der Waals surface area contributed by atoms with Gasteiger partial charge in [0.25, 0.3) is 0 Å². The Morgan fingerprint density at radius 2 is 1.54 bits per heavy atom. The molecule has 0 aliphatic carbocycles. The normalized spacial score (nSPS) is 18.1. The van der Waals surface area contributed by atoms with Crippen molar-refractivity contribution in [2.45, 2.75) is 12.5 Å². The molecule has 1 aliphatic heterocycles. The Morgan fingerprint density at radius 1 is 0.893 bits per heavy atom. The van der Waals surface area contributed by atoms with E-state index in [1.54, 1.807) is 0 Å². The van der Waals surface area contributed by atoms with Gasteiger partial charge in [-0.05, 0) is 54.6 Å². The third kappa shape index (κ3) is 3.30. The molecule has 0 spiro atoms. The molecular formula is C24H24ClNO2. The van der Waals surface area contributed by atoms with E-state index < -0.39 is 5.60 Å². The van der Waals surface area contributed by atoms with Crippen molar-refractivity contribution >= 4 is 11.6 Å². The third-order valence-corrected chi connectivity index (χ3v) is 5.84. The maximum absolute atomic E-state index is 12.0. The van der Waals surface area contributed by atoms with Crippen LogP contribution in [0.1, 0.15) is 18.1 Å². The summed E-state index contributed by atoms with van der Waals surface area (Å²) in [5.41, 5.74) is 0.197. The molecule has 28 heavy (non-hydrogen) atoms. The van der Waals surface area contributed by atoms with Crippen LogP contribution in [0.15, 0.2) is 78.9 Å². The summed E-state index contributed by atoms with van der Waals surface area (Å²) in [7, 11) is 2.07.